The summed E-state index contributed by atoms with van der Waals surface area (Å²) < 4.78 is 6.98. The third-order valence-electron chi connectivity index (χ3n) is 3.80. The summed E-state index contributed by atoms with van der Waals surface area (Å²) in [7, 11) is 1.55. The van der Waals surface area contributed by atoms with Gasteiger partial charge in [-0.25, -0.2) is 9.89 Å². The second kappa shape index (κ2) is 7.66. The minimum absolute atomic E-state index is 0.0316. The number of nitriles is 1. The predicted molar refractivity (Wildman–Crippen MR) is 99.2 cm³/mol. The first-order valence-electron chi connectivity index (χ1n) is 7.67. The highest BCUT2D eigenvalue weighted by Gasteiger charge is 2.18. The number of nitrogens with one attached hydrogen (secondary N) is 1. The molecular formula is C18H12Cl2N4O3. The Morgan fingerprint density at radius 1 is 1.26 bits per heavy atom. The first kappa shape index (κ1) is 18.7. The molecule has 0 radical (unpaired) electrons. The molecule has 1 N–H and O–H groups in total. The van der Waals surface area contributed by atoms with Gasteiger partial charge in [0.2, 0.25) is 0 Å². The first-order chi connectivity index (χ1) is 12.9. The minimum atomic E-state index is -0.401. The Labute approximate surface area is 163 Å². The summed E-state index contributed by atoms with van der Waals surface area (Å²) in [4.78, 5) is 24.4. The molecule has 0 unspecified atom stereocenters. The van der Waals surface area contributed by atoms with Crippen molar-refractivity contribution in [1.82, 2.24) is 14.8 Å². The van der Waals surface area contributed by atoms with Gasteiger partial charge in [0.15, 0.2) is 11.6 Å². The van der Waals surface area contributed by atoms with Crippen LogP contribution in [0.2, 0.25) is 10.0 Å². The average molecular weight is 403 g/mol. The van der Waals surface area contributed by atoms with E-state index in [1.54, 1.807) is 19.2 Å². The van der Waals surface area contributed by atoms with E-state index in [2.05, 4.69) is 10.2 Å². The van der Waals surface area contributed by atoms with E-state index in [-0.39, 0.29) is 39.8 Å². The number of H-pyrrole nitrogens is 1. The lowest BCUT2D eigenvalue weighted by atomic mass is 10.0. The van der Waals surface area contributed by atoms with Crippen LogP contribution in [0.4, 0.5) is 0 Å². The van der Waals surface area contributed by atoms with E-state index in [1.807, 2.05) is 6.07 Å². The zero-order valence-corrected chi connectivity index (χ0v) is 15.5. The molecule has 0 spiro atoms. The molecule has 0 aliphatic rings. The van der Waals surface area contributed by atoms with Crippen molar-refractivity contribution in [3.63, 3.8) is 0 Å². The molecule has 7 nitrogen and oxygen atoms in total. The van der Waals surface area contributed by atoms with Gasteiger partial charge < -0.3 is 4.74 Å². The van der Waals surface area contributed by atoms with Crippen LogP contribution >= 0.6 is 23.2 Å². The van der Waals surface area contributed by atoms with Gasteiger partial charge in [-0.3, -0.25) is 9.36 Å². The molecule has 136 valence electrons. The van der Waals surface area contributed by atoms with E-state index < -0.39 is 5.78 Å². The third-order valence-corrected chi connectivity index (χ3v) is 4.26. The standard InChI is InChI=1S/C18H12Cl2N4O3/c1-24-16(22-23-18(24)26)9-27-15-3-2-12(19)7-14(15)17(25)11-4-10(8-21)5-13(20)6-11/h2-7H,9H2,1H3,(H,23,26). The van der Waals surface area contributed by atoms with Gasteiger partial charge in [0, 0.05) is 22.7 Å². The van der Waals surface area contributed by atoms with Crippen LogP contribution in [-0.4, -0.2) is 20.5 Å². The van der Waals surface area contributed by atoms with Crippen LogP contribution in [0.3, 0.4) is 0 Å². The molecule has 27 heavy (non-hydrogen) atoms. The lowest BCUT2D eigenvalue weighted by Crippen LogP contribution is -2.16. The molecule has 3 aromatic rings. The van der Waals surface area contributed by atoms with Crippen LogP contribution in [0.15, 0.2) is 41.2 Å². The Balaban J connectivity index is 1.95. The van der Waals surface area contributed by atoms with Crippen molar-refractivity contribution in [2.75, 3.05) is 0 Å². The van der Waals surface area contributed by atoms with Gasteiger partial charge in [0.05, 0.1) is 17.2 Å². The van der Waals surface area contributed by atoms with Gasteiger partial charge >= 0.3 is 5.69 Å². The highest BCUT2D eigenvalue weighted by molar-refractivity contribution is 6.32. The molecule has 0 saturated heterocycles. The molecule has 0 bridgehead atoms. The van der Waals surface area contributed by atoms with Crippen molar-refractivity contribution >= 4 is 29.0 Å². The maximum atomic E-state index is 12.9. The summed E-state index contributed by atoms with van der Waals surface area (Å²) in [5.41, 5.74) is 0.332. The molecular weight excluding hydrogens is 391 g/mol. The molecule has 0 aliphatic heterocycles. The Kier molecular flexibility index (Phi) is 5.31. The van der Waals surface area contributed by atoms with Gasteiger partial charge in [0.1, 0.15) is 12.4 Å². The Hall–Kier alpha value is -3.08. The van der Waals surface area contributed by atoms with E-state index in [1.165, 1.54) is 28.8 Å². The molecule has 9 heteroatoms. The fourth-order valence-corrected chi connectivity index (χ4v) is 2.80. The maximum Gasteiger partial charge on any atom is 0.343 e. The van der Waals surface area contributed by atoms with E-state index in [0.29, 0.717) is 10.8 Å². The summed E-state index contributed by atoms with van der Waals surface area (Å²) in [6.07, 6.45) is 0. The van der Waals surface area contributed by atoms with E-state index in [9.17, 15) is 9.59 Å². The van der Waals surface area contributed by atoms with Crippen LogP contribution in [0.1, 0.15) is 27.3 Å². The number of aromatic nitrogens is 3. The fourth-order valence-electron chi connectivity index (χ4n) is 2.40. The molecule has 0 saturated carbocycles. The fraction of sp³-hybridized carbons (Fsp3) is 0.111. The Morgan fingerprint density at radius 3 is 2.70 bits per heavy atom. The number of rotatable bonds is 5. The minimum Gasteiger partial charge on any atom is -0.485 e. The Morgan fingerprint density at radius 2 is 2.04 bits per heavy atom. The number of benzene rings is 2. The summed E-state index contributed by atoms with van der Waals surface area (Å²) in [6.45, 7) is -0.0316. The second-order valence-electron chi connectivity index (χ2n) is 5.60. The lowest BCUT2D eigenvalue weighted by molar-refractivity contribution is 0.103. The van der Waals surface area contributed by atoms with E-state index in [4.69, 9.17) is 33.2 Å². The summed E-state index contributed by atoms with van der Waals surface area (Å²) in [5.74, 6) is 0.226. The SMILES string of the molecule is Cn1c(COc2ccc(Cl)cc2C(=O)c2cc(Cl)cc(C#N)c2)n[nH]c1=O. The topological polar surface area (TPSA) is 101 Å². The molecule has 1 heterocycles. The smallest absolute Gasteiger partial charge is 0.343 e. The van der Waals surface area contributed by atoms with Crippen molar-refractivity contribution in [3.8, 4) is 11.8 Å². The van der Waals surface area contributed by atoms with Gasteiger partial charge in [-0.1, -0.05) is 23.2 Å². The number of carbonyl (C=O) groups is 1. The third kappa shape index (κ3) is 4.03. The quantitative estimate of drug-likeness (QED) is 0.660. The molecule has 2 aromatic carbocycles. The molecule has 0 fully saturated rings. The summed E-state index contributed by atoms with van der Waals surface area (Å²) in [6, 6.07) is 10.9. The first-order valence-corrected chi connectivity index (χ1v) is 8.42. The number of halogens is 2. The van der Waals surface area contributed by atoms with Gasteiger partial charge in [0.25, 0.3) is 0 Å². The van der Waals surface area contributed by atoms with Crippen molar-refractivity contribution in [2.45, 2.75) is 6.61 Å². The summed E-state index contributed by atoms with van der Waals surface area (Å²) in [5, 5.41) is 15.9. The largest absolute Gasteiger partial charge is 0.485 e. The Bertz CT molecular complexity index is 1130. The van der Waals surface area contributed by atoms with Crippen molar-refractivity contribution in [1.29, 1.82) is 5.26 Å². The van der Waals surface area contributed by atoms with E-state index >= 15 is 0 Å². The highest BCUT2D eigenvalue weighted by atomic mass is 35.5. The molecule has 0 atom stereocenters. The molecule has 0 aliphatic carbocycles. The van der Waals surface area contributed by atoms with Crippen LogP contribution in [0.25, 0.3) is 0 Å². The van der Waals surface area contributed by atoms with Crippen molar-refractivity contribution in [3.05, 3.63) is 79.4 Å². The zero-order chi connectivity index (χ0) is 19.6. The monoisotopic (exact) mass is 402 g/mol. The summed E-state index contributed by atoms with van der Waals surface area (Å²) >= 11 is 12.0. The highest BCUT2D eigenvalue weighted by Crippen LogP contribution is 2.27. The number of carbonyl (C=O) groups excluding carboxylic acids is 1. The van der Waals surface area contributed by atoms with Crippen LogP contribution < -0.4 is 10.4 Å². The number of nitrogens with zero attached hydrogens (tertiary/aromatic N) is 3. The van der Waals surface area contributed by atoms with Gasteiger partial charge in [-0.2, -0.15) is 10.4 Å². The number of hydrogen-bond donors (Lipinski definition) is 1. The number of hydrogen-bond acceptors (Lipinski definition) is 5. The van der Waals surface area contributed by atoms with Crippen LogP contribution in [0.5, 0.6) is 5.75 Å². The van der Waals surface area contributed by atoms with Crippen LogP contribution in [-0.2, 0) is 13.7 Å². The number of ether oxygens (including phenoxy) is 1. The predicted octanol–water partition coefficient (Wildman–Crippen LogP) is 3.10. The molecule has 1 aromatic heterocycles. The van der Waals surface area contributed by atoms with Crippen LogP contribution in [0, 0.1) is 11.3 Å². The van der Waals surface area contributed by atoms with Gasteiger partial charge in [-0.15, -0.1) is 0 Å². The number of aromatic amines is 1. The normalized spacial score (nSPS) is 10.4. The maximum absolute atomic E-state index is 12.9. The van der Waals surface area contributed by atoms with Crippen molar-refractivity contribution < 1.29 is 9.53 Å². The zero-order valence-electron chi connectivity index (χ0n) is 14.0. The average Bonchev–Trinajstić information content (AvgIpc) is 2.97. The molecule has 3 rings (SSSR count). The second-order valence-corrected chi connectivity index (χ2v) is 6.48. The van der Waals surface area contributed by atoms with Crippen molar-refractivity contribution in [2.24, 2.45) is 7.05 Å². The lowest BCUT2D eigenvalue weighted by Gasteiger charge is -2.11. The molecule has 0 amide bonds. The number of ketones is 1. The van der Waals surface area contributed by atoms with E-state index in [0.717, 1.165) is 0 Å². The van der Waals surface area contributed by atoms with Gasteiger partial charge in [-0.05, 0) is 36.4 Å².